The Morgan fingerprint density at radius 2 is 1.57 bits per heavy atom. The highest BCUT2D eigenvalue weighted by Gasteiger charge is 2.32. The topological polar surface area (TPSA) is 91.0 Å². The predicted molar refractivity (Wildman–Crippen MR) is 145 cm³/mol. The molecule has 0 bridgehead atoms. The molecule has 0 aliphatic rings. The third kappa shape index (κ3) is 7.70. The second-order valence-electron chi connectivity index (χ2n) is 9.83. The number of carbonyl (C=O) groups is 3. The third-order valence-corrected chi connectivity index (χ3v) is 5.75. The minimum Gasteiger partial charge on any atom is -0.444 e. The van der Waals surface area contributed by atoms with Crippen molar-refractivity contribution < 1.29 is 19.1 Å². The van der Waals surface area contributed by atoms with Crippen molar-refractivity contribution in [3.63, 3.8) is 0 Å². The lowest BCUT2D eigenvalue weighted by atomic mass is 9.98. The summed E-state index contributed by atoms with van der Waals surface area (Å²) in [7, 11) is 1.54. The summed E-state index contributed by atoms with van der Waals surface area (Å²) in [6.07, 6.45) is -0.391. The van der Waals surface area contributed by atoms with Crippen molar-refractivity contribution in [3.8, 4) is 0 Å². The van der Waals surface area contributed by atoms with E-state index in [1.807, 2.05) is 72.8 Å². The van der Waals surface area contributed by atoms with Gasteiger partial charge in [0.2, 0.25) is 0 Å². The highest BCUT2D eigenvalue weighted by molar-refractivity contribution is 5.90. The number of amides is 4. The van der Waals surface area contributed by atoms with E-state index < -0.39 is 29.7 Å². The van der Waals surface area contributed by atoms with Gasteiger partial charge in [0.1, 0.15) is 11.6 Å². The van der Waals surface area contributed by atoms with Crippen LogP contribution in [-0.4, -0.2) is 53.2 Å². The Kier molecular flexibility index (Phi) is 9.11. The summed E-state index contributed by atoms with van der Waals surface area (Å²) in [5.41, 5.74) is 3.77. The molecule has 0 radical (unpaired) electrons. The summed E-state index contributed by atoms with van der Waals surface area (Å²) in [5, 5.41) is 6.00. The van der Waals surface area contributed by atoms with Gasteiger partial charge < -0.3 is 10.1 Å². The van der Waals surface area contributed by atoms with Crippen molar-refractivity contribution in [3.05, 3.63) is 83.9 Å². The predicted octanol–water partition coefficient (Wildman–Crippen LogP) is 4.88. The second kappa shape index (κ2) is 12.3. The van der Waals surface area contributed by atoms with Crippen molar-refractivity contribution in [2.45, 2.75) is 52.3 Å². The number of fused-ring (bicyclic) bond motifs is 1. The number of carbonyl (C=O) groups excluding carboxylic acids is 3. The number of nitrogens with zero attached hydrogens (tertiary/aromatic N) is 2. The van der Waals surface area contributed by atoms with Crippen LogP contribution < -0.4 is 10.7 Å². The average Bonchev–Trinajstić information content (AvgIpc) is 2.86. The lowest BCUT2D eigenvalue weighted by Gasteiger charge is -2.32. The Hall–Kier alpha value is -4.07. The standard InChI is InChI=1S/C29H36N4O4/c1-6-30-27(35)33(20-21-13-8-7-9-14-21)31-26(34)25(32(5)28(36)37-29(2,3)4)19-23-17-12-16-22-15-10-11-18-24(22)23/h7-18,25H,6,19-20H2,1-5H3,(H,30,35)(H,31,34)/t25-/m1/s1. The first-order chi connectivity index (χ1) is 17.6. The molecule has 2 N–H and O–H groups in total. The fourth-order valence-corrected chi connectivity index (χ4v) is 3.93. The van der Waals surface area contributed by atoms with E-state index >= 15 is 0 Å². The quantitative estimate of drug-likeness (QED) is 0.449. The van der Waals surface area contributed by atoms with Gasteiger partial charge in [0.05, 0.1) is 6.54 Å². The molecule has 4 amide bonds. The smallest absolute Gasteiger partial charge is 0.410 e. The van der Waals surface area contributed by atoms with Gasteiger partial charge in [-0.2, -0.15) is 0 Å². The molecule has 196 valence electrons. The van der Waals surface area contributed by atoms with Crippen LogP contribution in [0.4, 0.5) is 9.59 Å². The molecule has 0 heterocycles. The Balaban J connectivity index is 1.93. The Morgan fingerprint density at radius 1 is 0.919 bits per heavy atom. The lowest BCUT2D eigenvalue weighted by Crippen LogP contribution is -2.57. The summed E-state index contributed by atoms with van der Waals surface area (Å²) in [5.74, 6) is -0.497. The summed E-state index contributed by atoms with van der Waals surface area (Å²) in [6.45, 7) is 7.69. The number of rotatable bonds is 7. The molecule has 0 fully saturated rings. The summed E-state index contributed by atoms with van der Waals surface area (Å²) in [6, 6.07) is 21.7. The van der Waals surface area contributed by atoms with Gasteiger partial charge in [-0.05, 0) is 49.6 Å². The van der Waals surface area contributed by atoms with E-state index in [1.54, 1.807) is 27.7 Å². The van der Waals surface area contributed by atoms with Gasteiger partial charge in [-0.3, -0.25) is 15.1 Å². The van der Waals surface area contributed by atoms with E-state index in [2.05, 4.69) is 10.7 Å². The second-order valence-corrected chi connectivity index (χ2v) is 9.83. The maximum Gasteiger partial charge on any atom is 0.410 e. The molecular formula is C29H36N4O4. The van der Waals surface area contributed by atoms with Crippen molar-refractivity contribution >= 4 is 28.8 Å². The number of hydrogen-bond donors (Lipinski definition) is 2. The van der Waals surface area contributed by atoms with Crippen LogP contribution in [0.3, 0.4) is 0 Å². The van der Waals surface area contributed by atoms with Crippen LogP contribution in [0, 0.1) is 0 Å². The van der Waals surface area contributed by atoms with E-state index in [1.165, 1.54) is 17.0 Å². The fourth-order valence-electron chi connectivity index (χ4n) is 3.93. The molecule has 8 nitrogen and oxygen atoms in total. The van der Waals surface area contributed by atoms with E-state index in [9.17, 15) is 14.4 Å². The maximum atomic E-state index is 13.7. The number of ether oxygens (including phenoxy) is 1. The maximum absolute atomic E-state index is 13.7. The number of hydrogen-bond acceptors (Lipinski definition) is 4. The van der Waals surface area contributed by atoms with Crippen LogP contribution >= 0.6 is 0 Å². The van der Waals surface area contributed by atoms with Crippen LogP contribution in [0.25, 0.3) is 10.8 Å². The first-order valence-electron chi connectivity index (χ1n) is 12.4. The van der Waals surface area contributed by atoms with Gasteiger partial charge >= 0.3 is 12.1 Å². The third-order valence-electron chi connectivity index (χ3n) is 5.75. The van der Waals surface area contributed by atoms with E-state index in [4.69, 9.17) is 4.74 Å². The highest BCUT2D eigenvalue weighted by atomic mass is 16.6. The zero-order valence-corrected chi connectivity index (χ0v) is 22.2. The summed E-state index contributed by atoms with van der Waals surface area (Å²) < 4.78 is 5.56. The van der Waals surface area contributed by atoms with E-state index in [0.29, 0.717) is 6.54 Å². The number of hydrazine groups is 1. The minimum atomic E-state index is -0.937. The molecule has 0 saturated heterocycles. The molecule has 0 unspecified atom stereocenters. The van der Waals surface area contributed by atoms with Gasteiger partial charge in [0.15, 0.2) is 0 Å². The molecule has 0 aliphatic heterocycles. The molecule has 0 aliphatic carbocycles. The van der Waals surface area contributed by atoms with Gasteiger partial charge in [0, 0.05) is 20.0 Å². The minimum absolute atomic E-state index is 0.162. The molecule has 3 aromatic carbocycles. The summed E-state index contributed by atoms with van der Waals surface area (Å²) >= 11 is 0. The van der Waals surface area contributed by atoms with Crippen LogP contribution in [0.1, 0.15) is 38.8 Å². The van der Waals surface area contributed by atoms with Crippen LogP contribution in [-0.2, 0) is 22.5 Å². The van der Waals surface area contributed by atoms with Gasteiger partial charge in [0.25, 0.3) is 5.91 Å². The number of nitrogens with one attached hydrogen (secondary N) is 2. The lowest BCUT2D eigenvalue weighted by molar-refractivity contribution is -0.130. The van der Waals surface area contributed by atoms with E-state index in [0.717, 1.165) is 21.9 Å². The molecule has 3 aromatic rings. The molecule has 0 spiro atoms. The molecule has 0 aromatic heterocycles. The zero-order valence-electron chi connectivity index (χ0n) is 22.2. The van der Waals surface area contributed by atoms with Crippen LogP contribution in [0.15, 0.2) is 72.8 Å². The normalized spacial score (nSPS) is 11.9. The van der Waals surface area contributed by atoms with Gasteiger partial charge in [-0.25, -0.2) is 14.6 Å². The van der Waals surface area contributed by atoms with Gasteiger partial charge in [-0.1, -0.05) is 72.8 Å². The SMILES string of the molecule is CCNC(=O)N(Cc1ccccc1)NC(=O)[C@@H](Cc1cccc2ccccc12)N(C)C(=O)OC(C)(C)C. The van der Waals surface area contributed by atoms with Crippen molar-refractivity contribution in [1.29, 1.82) is 0 Å². The molecule has 1 atom stereocenters. The first-order valence-corrected chi connectivity index (χ1v) is 12.4. The van der Waals surface area contributed by atoms with Crippen LogP contribution in [0.2, 0.25) is 0 Å². The molecule has 37 heavy (non-hydrogen) atoms. The average molecular weight is 505 g/mol. The molecular weight excluding hydrogens is 468 g/mol. The Morgan fingerprint density at radius 3 is 2.24 bits per heavy atom. The summed E-state index contributed by atoms with van der Waals surface area (Å²) in [4.78, 5) is 40.8. The van der Waals surface area contributed by atoms with Crippen molar-refractivity contribution in [1.82, 2.24) is 20.7 Å². The zero-order chi connectivity index (χ0) is 27.0. The Bertz CT molecular complexity index is 1220. The highest BCUT2D eigenvalue weighted by Crippen LogP contribution is 2.22. The van der Waals surface area contributed by atoms with Gasteiger partial charge in [-0.15, -0.1) is 0 Å². The monoisotopic (exact) mass is 504 g/mol. The molecule has 8 heteroatoms. The molecule has 3 rings (SSSR count). The number of likely N-dealkylation sites (N-methyl/N-ethyl adjacent to an activating group) is 1. The fraction of sp³-hybridized carbons (Fsp3) is 0.345. The first kappa shape index (κ1) is 27.5. The Labute approximate surface area is 218 Å². The number of urea groups is 1. The van der Waals surface area contributed by atoms with Crippen molar-refractivity contribution in [2.24, 2.45) is 0 Å². The van der Waals surface area contributed by atoms with Crippen LogP contribution in [0.5, 0.6) is 0 Å². The van der Waals surface area contributed by atoms with E-state index in [-0.39, 0.29) is 13.0 Å². The number of benzene rings is 3. The van der Waals surface area contributed by atoms with Crippen molar-refractivity contribution in [2.75, 3.05) is 13.6 Å². The molecule has 0 saturated carbocycles. The largest absolute Gasteiger partial charge is 0.444 e.